The average molecular weight is 458 g/mol. The lowest BCUT2D eigenvalue weighted by Gasteiger charge is -2.14. The Morgan fingerprint density at radius 3 is 2.39 bits per heavy atom. The van der Waals surface area contributed by atoms with Gasteiger partial charge in [0.05, 0.1) is 22.0 Å². The van der Waals surface area contributed by atoms with E-state index in [4.69, 9.17) is 5.73 Å². The highest BCUT2D eigenvalue weighted by molar-refractivity contribution is 7.19. The minimum Gasteiger partial charge on any atom is -0.375 e. The Morgan fingerprint density at radius 2 is 1.67 bits per heavy atom. The van der Waals surface area contributed by atoms with Crippen LogP contribution in [-0.4, -0.2) is 32.9 Å². The largest absolute Gasteiger partial charge is 0.375 e. The van der Waals surface area contributed by atoms with Crippen LogP contribution in [0.1, 0.15) is 37.9 Å². The summed E-state index contributed by atoms with van der Waals surface area (Å²) >= 11 is 1.47. The first kappa shape index (κ1) is 23.1. The summed E-state index contributed by atoms with van der Waals surface area (Å²) in [7, 11) is 0. The summed E-state index contributed by atoms with van der Waals surface area (Å²) in [5, 5.41) is 0.540. The van der Waals surface area contributed by atoms with Gasteiger partial charge in [0.1, 0.15) is 0 Å². The van der Waals surface area contributed by atoms with Crippen molar-refractivity contribution in [2.45, 2.75) is 40.2 Å². The van der Waals surface area contributed by atoms with Gasteiger partial charge in [0.2, 0.25) is 0 Å². The van der Waals surface area contributed by atoms with Crippen molar-refractivity contribution >= 4 is 16.5 Å². The first-order valence-corrected chi connectivity index (χ1v) is 12.5. The van der Waals surface area contributed by atoms with Crippen molar-refractivity contribution in [3.63, 3.8) is 0 Å². The number of anilines is 1. The van der Waals surface area contributed by atoms with Gasteiger partial charge in [-0.05, 0) is 62.7 Å². The maximum absolute atomic E-state index is 6.09. The summed E-state index contributed by atoms with van der Waals surface area (Å²) in [6, 6.07) is 18.8. The van der Waals surface area contributed by atoms with Crippen LogP contribution < -0.4 is 5.73 Å². The number of nitrogens with zero attached hydrogens (tertiary/aromatic N) is 4. The molecule has 0 aliphatic carbocycles. The Morgan fingerprint density at radius 1 is 0.909 bits per heavy atom. The predicted molar refractivity (Wildman–Crippen MR) is 139 cm³/mol. The number of aromatic nitrogens is 3. The molecule has 5 nitrogen and oxygen atoms in total. The van der Waals surface area contributed by atoms with Crippen molar-refractivity contribution in [1.29, 1.82) is 0 Å². The molecule has 3 aromatic heterocycles. The molecule has 1 saturated heterocycles. The maximum Gasteiger partial charge on any atom is 0.181 e. The maximum atomic E-state index is 6.09. The van der Waals surface area contributed by atoms with Gasteiger partial charge in [-0.15, -0.1) is 0 Å². The highest BCUT2D eigenvalue weighted by Crippen LogP contribution is 2.38. The normalized spacial score (nSPS) is 13.5. The van der Waals surface area contributed by atoms with Crippen LogP contribution in [0.5, 0.6) is 0 Å². The number of benzene rings is 1. The number of hydrogen-bond acceptors (Lipinski definition) is 6. The van der Waals surface area contributed by atoms with Crippen molar-refractivity contribution < 1.29 is 0 Å². The summed E-state index contributed by atoms with van der Waals surface area (Å²) in [4.78, 5) is 17.4. The number of hydrogen-bond donors (Lipinski definition) is 1. The fourth-order valence-electron chi connectivity index (χ4n) is 4.09. The van der Waals surface area contributed by atoms with Crippen LogP contribution in [0.4, 0.5) is 5.13 Å². The van der Waals surface area contributed by atoms with E-state index in [2.05, 4.69) is 50.2 Å². The zero-order valence-electron chi connectivity index (χ0n) is 19.6. The monoisotopic (exact) mass is 457 g/mol. The third-order valence-electron chi connectivity index (χ3n) is 5.65. The number of aryl methyl sites for hydroxylation is 1. The van der Waals surface area contributed by atoms with Gasteiger partial charge in [0, 0.05) is 29.6 Å². The molecular formula is C27H31N5S. The molecule has 4 aromatic rings. The van der Waals surface area contributed by atoms with E-state index in [1.54, 1.807) is 0 Å². The van der Waals surface area contributed by atoms with Crippen LogP contribution in [0.2, 0.25) is 0 Å². The smallest absolute Gasteiger partial charge is 0.181 e. The van der Waals surface area contributed by atoms with Crippen molar-refractivity contribution in [3.8, 4) is 33.1 Å². The van der Waals surface area contributed by atoms with Crippen LogP contribution in [0.3, 0.4) is 0 Å². The molecule has 4 heterocycles. The zero-order valence-corrected chi connectivity index (χ0v) is 20.4. The Bertz CT molecular complexity index is 1190. The zero-order chi connectivity index (χ0) is 23.2. The lowest BCUT2D eigenvalue weighted by molar-refractivity contribution is 0.331. The van der Waals surface area contributed by atoms with Gasteiger partial charge in [-0.1, -0.05) is 55.5 Å². The highest BCUT2D eigenvalue weighted by Gasteiger charge is 2.16. The minimum absolute atomic E-state index is 0.540. The molecular weight excluding hydrogens is 426 g/mol. The Kier molecular flexibility index (Phi) is 7.47. The molecule has 1 aromatic carbocycles. The van der Waals surface area contributed by atoms with Gasteiger partial charge in [0.25, 0.3) is 0 Å². The molecule has 33 heavy (non-hydrogen) atoms. The number of nitrogens with two attached hydrogens (primary N) is 1. The van der Waals surface area contributed by atoms with Crippen molar-refractivity contribution in [2.24, 2.45) is 0 Å². The van der Waals surface area contributed by atoms with Gasteiger partial charge < -0.3 is 5.73 Å². The van der Waals surface area contributed by atoms with Crippen LogP contribution >= 0.6 is 11.3 Å². The van der Waals surface area contributed by atoms with Crippen LogP contribution in [0, 0.1) is 6.92 Å². The number of thiazole rings is 1. The lowest BCUT2D eigenvalue weighted by Crippen LogP contribution is -2.18. The molecule has 2 N–H and O–H groups in total. The van der Waals surface area contributed by atoms with Crippen molar-refractivity contribution in [3.05, 3.63) is 72.1 Å². The molecule has 0 amide bonds. The number of rotatable bonds is 5. The minimum atomic E-state index is 0.540. The Hall–Kier alpha value is -3.09. The molecule has 0 atom stereocenters. The highest BCUT2D eigenvalue weighted by atomic mass is 32.1. The fraction of sp³-hybridized carbons (Fsp3) is 0.296. The molecule has 0 saturated carbocycles. The van der Waals surface area contributed by atoms with Gasteiger partial charge in [-0.3, -0.25) is 14.9 Å². The van der Waals surface area contributed by atoms with Crippen molar-refractivity contribution in [2.75, 3.05) is 18.8 Å². The summed E-state index contributed by atoms with van der Waals surface area (Å²) in [5.74, 6) is 0. The molecule has 0 spiro atoms. The van der Waals surface area contributed by atoms with E-state index in [9.17, 15) is 0 Å². The van der Waals surface area contributed by atoms with Gasteiger partial charge >= 0.3 is 0 Å². The van der Waals surface area contributed by atoms with E-state index in [0.717, 1.165) is 45.3 Å². The molecule has 0 radical (unpaired) electrons. The Labute approximate surface area is 200 Å². The molecule has 0 unspecified atom stereocenters. The molecule has 1 aliphatic rings. The SMILES string of the molecule is CC.Cc1cccc(-c2sc(N)nc2-c2ccnc(-c3ccc(CN4CCCC4)cc3)c2)n1. The number of pyridine rings is 2. The second-order valence-corrected chi connectivity index (χ2v) is 9.03. The standard InChI is InChI=1S/C25H25N5S.C2H6/c1-17-5-4-6-21(28-17)24-23(29-25(26)31-24)20-11-12-27-22(15-20)19-9-7-18(8-10-19)16-30-13-2-3-14-30;1-2/h4-12,15H,2-3,13-14,16H2,1H3,(H2,26,29);1-2H3. The van der Waals surface area contributed by atoms with Crippen LogP contribution in [0.15, 0.2) is 60.8 Å². The van der Waals surface area contributed by atoms with E-state index in [1.807, 2.05) is 51.2 Å². The first-order valence-electron chi connectivity index (χ1n) is 11.6. The Balaban J connectivity index is 0.00000126. The number of likely N-dealkylation sites (tertiary alicyclic amines) is 1. The number of nitrogen functional groups attached to an aromatic ring is 1. The summed E-state index contributed by atoms with van der Waals surface area (Å²) in [5.41, 5.74) is 13.2. The van der Waals surface area contributed by atoms with Gasteiger partial charge in [-0.2, -0.15) is 0 Å². The lowest BCUT2D eigenvalue weighted by atomic mass is 10.0. The first-order chi connectivity index (χ1) is 16.2. The van der Waals surface area contributed by atoms with Crippen LogP contribution in [-0.2, 0) is 6.54 Å². The van der Waals surface area contributed by atoms with E-state index >= 15 is 0 Å². The fourth-order valence-corrected chi connectivity index (χ4v) is 4.92. The molecule has 1 aliphatic heterocycles. The van der Waals surface area contributed by atoms with Gasteiger partial charge in [-0.25, -0.2) is 4.98 Å². The summed E-state index contributed by atoms with van der Waals surface area (Å²) in [6.45, 7) is 9.44. The quantitative estimate of drug-likeness (QED) is 0.373. The third kappa shape index (κ3) is 5.46. The van der Waals surface area contributed by atoms with E-state index in [1.165, 1.54) is 42.8 Å². The molecule has 0 bridgehead atoms. The topological polar surface area (TPSA) is 67.9 Å². The second-order valence-electron chi connectivity index (χ2n) is 8.00. The molecule has 1 fully saturated rings. The van der Waals surface area contributed by atoms with E-state index in [0.29, 0.717) is 5.13 Å². The van der Waals surface area contributed by atoms with E-state index < -0.39 is 0 Å². The summed E-state index contributed by atoms with van der Waals surface area (Å²) < 4.78 is 0. The average Bonchev–Trinajstić information content (AvgIpc) is 3.50. The molecule has 6 heteroatoms. The summed E-state index contributed by atoms with van der Waals surface area (Å²) in [6.07, 6.45) is 4.47. The molecule has 5 rings (SSSR count). The van der Waals surface area contributed by atoms with Crippen LogP contribution in [0.25, 0.3) is 33.1 Å². The predicted octanol–water partition coefficient (Wildman–Crippen LogP) is 6.45. The van der Waals surface area contributed by atoms with Gasteiger partial charge in [0.15, 0.2) is 5.13 Å². The van der Waals surface area contributed by atoms with E-state index in [-0.39, 0.29) is 0 Å². The third-order valence-corrected chi connectivity index (χ3v) is 6.56. The van der Waals surface area contributed by atoms with Crippen molar-refractivity contribution in [1.82, 2.24) is 19.9 Å². The second kappa shape index (κ2) is 10.7. The molecule has 170 valence electrons.